The van der Waals surface area contributed by atoms with Gasteiger partial charge in [-0.2, -0.15) is 0 Å². The lowest BCUT2D eigenvalue weighted by Crippen LogP contribution is -2.37. The first-order chi connectivity index (χ1) is 14.9. The van der Waals surface area contributed by atoms with E-state index in [2.05, 4.69) is 25.4 Å². The van der Waals surface area contributed by atoms with Crippen molar-refractivity contribution in [3.8, 4) is 0 Å². The van der Waals surface area contributed by atoms with E-state index < -0.39 is 32.0 Å². The second kappa shape index (κ2) is 9.36. The number of benzene rings is 2. The number of carbonyl (C=O) groups is 1. The van der Waals surface area contributed by atoms with Crippen molar-refractivity contribution < 1.29 is 30.8 Å². The van der Waals surface area contributed by atoms with Crippen molar-refractivity contribution in [3.63, 3.8) is 0 Å². The van der Waals surface area contributed by atoms with Gasteiger partial charge in [0, 0.05) is 23.8 Å². The minimum Gasteiger partial charge on any atom is -0.465 e. The van der Waals surface area contributed by atoms with Crippen LogP contribution in [0.1, 0.15) is 23.2 Å². The number of sulfonamides is 1. The van der Waals surface area contributed by atoms with Gasteiger partial charge in [-0.1, -0.05) is 0 Å². The maximum absolute atomic E-state index is 14.0. The third-order valence-corrected chi connectivity index (χ3v) is 8.46. The zero-order valence-electron chi connectivity index (χ0n) is 17.3. The molecule has 0 spiro atoms. The molecule has 8 nitrogen and oxygen atoms in total. The fourth-order valence-corrected chi connectivity index (χ4v) is 6.10. The van der Waals surface area contributed by atoms with Crippen LogP contribution in [-0.4, -0.2) is 55.4 Å². The molecule has 0 saturated carbocycles. The van der Waals surface area contributed by atoms with Crippen LogP contribution in [0.25, 0.3) is 0 Å². The van der Waals surface area contributed by atoms with E-state index in [1.54, 1.807) is 4.90 Å². The van der Waals surface area contributed by atoms with E-state index in [0.717, 1.165) is 12.3 Å². The molecule has 0 radical (unpaired) electrons. The number of anilines is 2. The highest BCUT2D eigenvalue weighted by atomic mass is 79.9. The average molecular weight is 549 g/mol. The van der Waals surface area contributed by atoms with Crippen LogP contribution in [0.5, 0.6) is 0 Å². The Morgan fingerprint density at radius 1 is 1.19 bits per heavy atom. The van der Waals surface area contributed by atoms with Gasteiger partial charge in [0.1, 0.15) is 11.1 Å². The van der Waals surface area contributed by atoms with Crippen LogP contribution in [0.2, 0.25) is 0 Å². The summed E-state index contributed by atoms with van der Waals surface area (Å²) in [6.07, 6.45) is 0.920. The first-order valence-corrected chi connectivity index (χ1v) is 13.7. The molecule has 1 N–H and O–H groups in total. The summed E-state index contributed by atoms with van der Waals surface area (Å²) in [5.41, 5.74) is 0.387. The number of carbonyl (C=O) groups excluding carboxylic acids is 1. The van der Waals surface area contributed by atoms with Crippen LogP contribution in [0.4, 0.5) is 15.8 Å². The van der Waals surface area contributed by atoms with Gasteiger partial charge >= 0.3 is 5.97 Å². The number of ether oxygens (including phenoxy) is 1. The van der Waals surface area contributed by atoms with Crippen LogP contribution in [0, 0.1) is 0 Å². The van der Waals surface area contributed by atoms with Gasteiger partial charge in [-0.05, 0) is 65.2 Å². The number of alkyl halides is 1. The minimum atomic E-state index is -4.27. The number of sulfone groups is 1. The molecule has 2 aromatic rings. The molecule has 174 valence electrons. The quantitative estimate of drug-likeness (QED) is 0.551. The van der Waals surface area contributed by atoms with Crippen molar-refractivity contribution in [2.75, 3.05) is 36.1 Å². The molecule has 1 fully saturated rings. The first-order valence-electron chi connectivity index (χ1n) is 9.56. The maximum atomic E-state index is 14.0. The molecular formula is C20H22BrFN2O6S2. The number of rotatable bonds is 6. The van der Waals surface area contributed by atoms with Gasteiger partial charge < -0.3 is 9.64 Å². The van der Waals surface area contributed by atoms with E-state index in [0.29, 0.717) is 25.1 Å². The Bertz CT molecular complexity index is 1250. The summed E-state index contributed by atoms with van der Waals surface area (Å²) in [6.45, 7) is 0.559. The second-order valence-corrected chi connectivity index (χ2v) is 11.9. The number of methoxy groups -OCH3 is 1. The summed E-state index contributed by atoms with van der Waals surface area (Å²) < 4.78 is 71.8. The van der Waals surface area contributed by atoms with Gasteiger partial charge in [0.15, 0.2) is 9.84 Å². The summed E-state index contributed by atoms with van der Waals surface area (Å²) in [4.78, 5) is 13.2. The standard InChI is InChI=1S/C20H22BrFN2O6S2/c1-30-20(25)13-5-7-16(21)19(10-13)32(28,29)23-17-11-15(31(2,26)27)6-8-18(17)24-9-3-4-14(22)12-24/h5-8,10-11,14,23H,3-4,9,12H2,1-2H3. The zero-order chi connectivity index (χ0) is 23.7. The van der Waals surface area contributed by atoms with Crippen molar-refractivity contribution in [2.45, 2.75) is 28.8 Å². The molecule has 3 rings (SSSR count). The number of hydrogen-bond donors (Lipinski definition) is 1. The molecule has 0 amide bonds. The fourth-order valence-electron chi connectivity index (χ4n) is 3.40. The highest BCUT2D eigenvalue weighted by molar-refractivity contribution is 9.10. The van der Waals surface area contributed by atoms with Crippen molar-refractivity contribution in [2.24, 2.45) is 0 Å². The summed E-state index contributed by atoms with van der Waals surface area (Å²) in [6, 6.07) is 7.98. The van der Waals surface area contributed by atoms with Crippen LogP contribution in [-0.2, 0) is 24.6 Å². The van der Waals surface area contributed by atoms with Crippen molar-refractivity contribution in [1.82, 2.24) is 0 Å². The highest BCUT2D eigenvalue weighted by Gasteiger charge is 2.26. The first kappa shape index (κ1) is 24.5. The third kappa shape index (κ3) is 5.41. The van der Waals surface area contributed by atoms with Gasteiger partial charge in [0.2, 0.25) is 0 Å². The lowest BCUT2D eigenvalue weighted by atomic mass is 10.1. The minimum absolute atomic E-state index is 0.00241. The summed E-state index contributed by atoms with van der Waals surface area (Å²) in [5.74, 6) is -0.712. The predicted molar refractivity (Wildman–Crippen MR) is 122 cm³/mol. The van der Waals surface area contributed by atoms with Gasteiger partial charge in [-0.15, -0.1) is 0 Å². The van der Waals surface area contributed by atoms with E-state index in [1.807, 2.05) is 0 Å². The number of piperidine rings is 1. The SMILES string of the molecule is COC(=O)c1ccc(Br)c(S(=O)(=O)Nc2cc(S(C)(=O)=O)ccc2N2CCCC(F)C2)c1. The molecule has 1 unspecified atom stereocenters. The molecule has 0 aromatic heterocycles. The van der Waals surface area contributed by atoms with Crippen LogP contribution in [0.15, 0.2) is 50.7 Å². The summed E-state index contributed by atoms with van der Waals surface area (Å²) in [5, 5.41) is 0. The monoisotopic (exact) mass is 548 g/mol. The van der Waals surface area contributed by atoms with Gasteiger partial charge in [-0.3, -0.25) is 4.72 Å². The number of halogens is 2. The largest absolute Gasteiger partial charge is 0.465 e. The molecule has 1 aliphatic rings. The average Bonchev–Trinajstić information content (AvgIpc) is 2.72. The van der Waals surface area contributed by atoms with Crippen LogP contribution >= 0.6 is 15.9 Å². The molecular weight excluding hydrogens is 527 g/mol. The molecule has 1 heterocycles. The Morgan fingerprint density at radius 2 is 1.91 bits per heavy atom. The van der Waals surface area contributed by atoms with Crippen molar-refractivity contribution in [3.05, 3.63) is 46.4 Å². The highest BCUT2D eigenvalue weighted by Crippen LogP contribution is 2.34. The van der Waals surface area contributed by atoms with E-state index in [1.165, 1.54) is 37.4 Å². The smallest absolute Gasteiger partial charge is 0.337 e. The molecule has 2 aromatic carbocycles. The predicted octanol–water partition coefficient (Wildman–Crippen LogP) is 3.38. The van der Waals surface area contributed by atoms with Gasteiger partial charge in [0.25, 0.3) is 10.0 Å². The summed E-state index contributed by atoms with van der Waals surface area (Å²) in [7, 11) is -6.72. The van der Waals surface area contributed by atoms with E-state index >= 15 is 0 Å². The fraction of sp³-hybridized carbons (Fsp3) is 0.350. The molecule has 32 heavy (non-hydrogen) atoms. The lowest BCUT2D eigenvalue weighted by Gasteiger charge is -2.32. The van der Waals surface area contributed by atoms with Crippen LogP contribution in [0.3, 0.4) is 0 Å². The third-order valence-electron chi connectivity index (χ3n) is 4.99. The molecule has 1 saturated heterocycles. The van der Waals surface area contributed by atoms with E-state index in [4.69, 9.17) is 0 Å². The Kier molecular flexibility index (Phi) is 7.15. The molecule has 0 aliphatic carbocycles. The maximum Gasteiger partial charge on any atom is 0.337 e. The van der Waals surface area contributed by atoms with Gasteiger partial charge in [0.05, 0.1) is 28.9 Å². The normalized spacial score (nSPS) is 17.1. The Labute approximate surface area is 194 Å². The van der Waals surface area contributed by atoms with Gasteiger partial charge in [-0.25, -0.2) is 26.0 Å². The molecule has 1 aliphatic heterocycles. The molecule has 12 heteroatoms. The Hall–Kier alpha value is -2.18. The van der Waals surface area contributed by atoms with Crippen molar-refractivity contribution in [1.29, 1.82) is 0 Å². The lowest BCUT2D eigenvalue weighted by molar-refractivity contribution is 0.0600. The van der Waals surface area contributed by atoms with E-state index in [9.17, 15) is 26.0 Å². The van der Waals surface area contributed by atoms with Crippen LogP contribution < -0.4 is 9.62 Å². The number of esters is 1. The Morgan fingerprint density at radius 3 is 2.53 bits per heavy atom. The number of nitrogens with one attached hydrogen (secondary N) is 1. The second-order valence-electron chi connectivity index (χ2n) is 7.38. The Balaban J connectivity index is 2.09. The molecule has 0 bridgehead atoms. The van der Waals surface area contributed by atoms with Crippen molar-refractivity contribution >= 4 is 53.1 Å². The topological polar surface area (TPSA) is 110 Å². The summed E-state index contributed by atoms with van der Waals surface area (Å²) >= 11 is 3.17. The number of hydrogen-bond acceptors (Lipinski definition) is 7. The number of nitrogens with zero attached hydrogens (tertiary/aromatic N) is 1. The molecule has 1 atom stereocenters. The zero-order valence-corrected chi connectivity index (χ0v) is 20.6. The van der Waals surface area contributed by atoms with E-state index in [-0.39, 0.29) is 32.1 Å².